The Balaban J connectivity index is 2.01. The van der Waals surface area contributed by atoms with Gasteiger partial charge in [-0.25, -0.2) is 0 Å². The highest BCUT2D eigenvalue weighted by Crippen LogP contribution is 2.27. The number of methoxy groups -OCH3 is 2. The highest BCUT2D eigenvalue weighted by molar-refractivity contribution is 7.80. The summed E-state index contributed by atoms with van der Waals surface area (Å²) in [5, 5.41) is 2.62. The molecule has 0 spiro atoms. The van der Waals surface area contributed by atoms with Crippen LogP contribution in [0.15, 0.2) is 42.5 Å². The van der Waals surface area contributed by atoms with Gasteiger partial charge in [0.2, 0.25) is 0 Å². The summed E-state index contributed by atoms with van der Waals surface area (Å²) in [6.07, 6.45) is 0. The normalized spacial score (nSPS) is 9.81. The second-order valence-electron chi connectivity index (χ2n) is 4.88. The molecule has 26 heavy (non-hydrogen) atoms. The number of benzene rings is 2. The Kier molecular flexibility index (Phi) is 6.76. The van der Waals surface area contributed by atoms with Crippen molar-refractivity contribution in [1.29, 1.82) is 0 Å². The molecule has 0 bridgehead atoms. The van der Waals surface area contributed by atoms with Crippen LogP contribution in [0.2, 0.25) is 5.02 Å². The maximum Gasteiger partial charge on any atom is 0.271 e. The van der Waals surface area contributed by atoms with Crippen molar-refractivity contribution in [2.75, 3.05) is 14.2 Å². The number of carbonyl (C=O) groups is 2. The average Bonchev–Trinajstić information content (AvgIpc) is 2.65. The molecular weight excluding hydrogens is 378 g/mol. The van der Waals surface area contributed by atoms with Crippen LogP contribution in [0.4, 0.5) is 0 Å². The first-order chi connectivity index (χ1) is 12.5. The van der Waals surface area contributed by atoms with Gasteiger partial charge in [0, 0.05) is 0 Å². The average molecular weight is 394 g/mol. The zero-order valence-corrected chi connectivity index (χ0v) is 15.5. The van der Waals surface area contributed by atoms with E-state index in [9.17, 15) is 9.59 Å². The smallest absolute Gasteiger partial charge is 0.271 e. The van der Waals surface area contributed by atoms with Gasteiger partial charge < -0.3 is 9.47 Å². The van der Waals surface area contributed by atoms with E-state index in [1.165, 1.54) is 14.2 Å². The fourth-order valence-corrected chi connectivity index (χ4v) is 2.46. The minimum atomic E-state index is -0.552. The number of hydrogen-bond acceptors (Lipinski definition) is 5. The zero-order chi connectivity index (χ0) is 19.1. The molecular formula is C17H16ClN3O4S. The van der Waals surface area contributed by atoms with E-state index in [4.69, 9.17) is 33.3 Å². The summed E-state index contributed by atoms with van der Waals surface area (Å²) in [7, 11) is 2.87. The first-order valence-electron chi connectivity index (χ1n) is 7.35. The molecule has 0 aliphatic carbocycles. The summed E-state index contributed by atoms with van der Waals surface area (Å²) < 4.78 is 10.3. The van der Waals surface area contributed by atoms with Gasteiger partial charge in [-0.3, -0.25) is 25.8 Å². The standard InChI is InChI=1S/C17H16ClN3O4S/c1-24-12-8-5-9-13(25-2)14(12)16(23)19-17(26)21-20-15(22)10-6-3-4-7-11(10)18/h3-9H,1-2H3,(H,20,22)(H2,19,21,23,26). The Morgan fingerprint density at radius 3 is 2.12 bits per heavy atom. The number of ether oxygens (including phenoxy) is 2. The Labute approximate surface area is 160 Å². The lowest BCUT2D eigenvalue weighted by Crippen LogP contribution is -2.48. The summed E-state index contributed by atoms with van der Waals surface area (Å²) in [6, 6.07) is 11.5. The predicted molar refractivity (Wildman–Crippen MR) is 102 cm³/mol. The summed E-state index contributed by atoms with van der Waals surface area (Å²) in [5.74, 6) is -0.402. The number of thiocarbonyl (C=S) groups is 1. The van der Waals surface area contributed by atoms with Crippen molar-refractivity contribution >= 4 is 40.7 Å². The molecule has 136 valence electrons. The first-order valence-corrected chi connectivity index (χ1v) is 8.13. The summed E-state index contributed by atoms with van der Waals surface area (Å²) in [5.41, 5.74) is 5.25. The summed E-state index contributed by atoms with van der Waals surface area (Å²) >= 11 is 11.0. The van der Waals surface area contributed by atoms with Crippen LogP contribution in [-0.4, -0.2) is 31.1 Å². The fraction of sp³-hybridized carbons (Fsp3) is 0.118. The molecule has 2 rings (SSSR count). The van der Waals surface area contributed by atoms with Gasteiger partial charge in [-0.05, 0) is 36.5 Å². The van der Waals surface area contributed by atoms with Crippen molar-refractivity contribution in [2.45, 2.75) is 0 Å². The molecule has 2 aromatic carbocycles. The van der Waals surface area contributed by atoms with Crippen LogP contribution in [0.5, 0.6) is 11.5 Å². The third kappa shape index (κ3) is 4.62. The lowest BCUT2D eigenvalue weighted by molar-refractivity contribution is 0.0933. The van der Waals surface area contributed by atoms with E-state index in [0.717, 1.165) is 0 Å². The lowest BCUT2D eigenvalue weighted by Gasteiger charge is -2.14. The maximum atomic E-state index is 12.5. The van der Waals surface area contributed by atoms with Crippen molar-refractivity contribution in [3.05, 3.63) is 58.6 Å². The highest BCUT2D eigenvalue weighted by atomic mass is 35.5. The van der Waals surface area contributed by atoms with Gasteiger partial charge in [0.1, 0.15) is 17.1 Å². The van der Waals surface area contributed by atoms with E-state index in [-0.39, 0.29) is 16.2 Å². The van der Waals surface area contributed by atoms with Gasteiger partial charge >= 0.3 is 0 Å². The van der Waals surface area contributed by atoms with Gasteiger partial charge in [-0.1, -0.05) is 29.8 Å². The van der Waals surface area contributed by atoms with Crippen molar-refractivity contribution in [1.82, 2.24) is 16.2 Å². The van der Waals surface area contributed by atoms with Gasteiger partial charge in [-0.2, -0.15) is 0 Å². The second-order valence-corrected chi connectivity index (χ2v) is 5.70. The van der Waals surface area contributed by atoms with E-state index < -0.39 is 11.8 Å². The number of hydrogen-bond donors (Lipinski definition) is 3. The molecule has 3 N–H and O–H groups in total. The Hall–Kier alpha value is -2.84. The van der Waals surface area contributed by atoms with E-state index in [2.05, 4.69) is 16.2 Å². The van der Waals surface area contributed by atoms with Crippen LogP contribution < -0.4 is 25.6 Å². The topological polar surface area (TPSA) is 88.7 Å². The minimum Gasteiger partial charge on any atom is -0.496 e. The highest BCUT2D eigenvalue weighted by Gasteiger charge is 2.19. The van der Waals surface area contributed by atoms with Crippen LogP contribution in [0.1, 0.15) is 20.7 Å². The Morgan fingerprint density at radius 2 is 1.54 bits per heavy atom. The van der Waals surface area contributed by atoms with E-state index in [1.807, 2.05) is 0 Å². The molecule has 9 heteroatoms. The predicted octanol–water partition coefficient (Wildman–Crippen LogP) is 2.31. The van der Waals surface area contributed by atoms with E-state index in [0.29, 0.717) is 16.5 Å². The van der Waals surface area contributed by atoms with E-state index >= 15 is 0 Å². The van der Waals surface area contributed by atoms with Gasteiger partial charge in [0.25, 0.3) is 11.8 Å². The quantitative estimate of drug-likeness (QED) is 0.545. The lowest BCUT2D eigenvalue weighted by atomic mass is 10.1. The fourth-order valence-electron chi connectivity index (χ4n) is 2.10. The summed E-state index contributed by atoms with van der Waals surface area (Å²) in [4.78, 5) is 24.5. The summed E-state index contributed by atoms with van der Waals surface area (Å²) in [6.45, 7) is 0. The molecule has 0 aromatic heterocycles. The van der Waals surface area contributed by atoms with Crippen LogP contribution in [0.25, 0.3) is 0 Å². The van der Waals surface area contributed by atoms with Gasteiger partial charge in [-0.15, -0.1) is 0 Å². The number of carbonyl (C=O) groups excluding carboxylic acids is 2. The SMILES string of the molecule is COc1cccc(OC)c1C(=O)NC(=S)NNC(=O)c1ccccc1Cl. The molecule has 7 nitrogen and oxygen atoms in total. The van der Waals surface area contributed by atoms with Crippen molar-refractivity contribution in [3.63, 3.8) is 0 Å². The zero-order valence-electron chi connectivity index (χ0n) is 14.0. The molecule has 0 saturated carbocycles. The molecule has 2 amide bonds. The largest absolute Gasteiger partial charge is 0.496 e. The van der Waals surface area contributed by atoms with Crippen LogP contribution >= 0.6 is 23.8 Å². The maximum absolute atomic E-state index is 12.5. The Morgan fingerprint density at radius 1 is 0.923 bits per heavy atom. The molecule has 0 unspecified atom stereocenters. The van der Waals surface area contributed by atoms with Crippen molar-refractivity contribution < 1.29 is 19.1 Å². The van der Waals surface area contributed by atoms with Gasteiger partial charge in [0.15, 0.2) is 5.11 Å². The number of hydrazine groups is 1. The molecule has 0 aliphatic rings. The molecule has 0 atom stereocenters. The van der Waals surface area contributed by atoms with Gasteiger partial charge in [0.05, 0.1) is 24.8 Å². The van der Waals surface area contributed by atoms with E-state index in [1.54, 1.807) is 42.5 Å². The van der Waals surface area contributed by atoms with Crippen LogP contribution in [0, 0.1) is 0 Å². The van der Waals surface area contributed by atoms with Crippen LogP contribution in [-0.2, 0) is 0 Å². The monoisotopic (exact) mass is 393 g/mol. The molecule has 2 aromatic rings. The van der Waals surface area contributed by atoms with Crippen molar-refractivity contribution in [3.8, 4) is 11.5 Å². The molecule has 0 saturated heterocycles. The molecule has 0 aliphatic heterocycles. The number of amides is 2. The Bertz CT molecular complexity index is 822. The third-order valence-electron chi connectivity index (χ3n) is 3.29. The van der Waals surface area contributed by atoms with Crippen LogP contribution in [0.3, 0.4) is 0 Å². The second kappa shape index (κ2) is 9.02. The van der Waals surface area contributed by atoms with Crippen molar-refractivity contribution in [2.24, 2.45) is 0 Å². The third-order valence-corrected chi connectivity index (χ3v) is 3.82. The number of halogens is 1. The molecule has 0 radical (unpaired) electrons. The number of nitrogens with one attached hydrogen (secondary N) is 3. The molecule has 0 heterocycles. The first kappa shape index (κ1) is 19.5. The molecule has 0 fully saturated rings. The number of rotatable bonds is 4. The minimum absolute atomic E-state index is 0.108.